The van der Waals surface area contributed by atoms with Gasteiger partial charge in [0.2, 0.25) is 0 Å². The Bertz CT molecular complexity index is 391. The molecule has 0 saturated heterocycles. The second kappa shape index (κ2) is 5.36. The maximum absolute atomic E-state index is 10.5. The number of hydrogen-bond acceptors (Lipinski definition) is 1. The van der Waals surface area contributed by atoms with Gasteiger partial charge in [-0.2, -0.15) is 0 Å². The van der Waals surface area contributed by atoms with Crippen LogP contribution in [0.15, 0.2) is 34.8 Å². The Morgan fingerprint density at radius 1 is 1.41 bits per heavy atom. The normalized spacial score (nSPS) is 20.8. The Labute approximate surface area is 112 Å². The Morgan fingerprint density at radius 3 is 2.59 bits per heavy atom. The molecule has 1 aliphatic carbocycles. The van der Waals surface area contributed by atoms with Crippen LogP contribution in [-0.2, 0) is 0 Å². The van der Waals surface area contributed by atoms with Gasteiger partial charge in [-0.3, -0.25) is 0 Å². The van der Waals surface area contributed by atoms with Crippen LogP contribution in [0.25, 0.3) is 6.08 Å². The standard InChI is InChI=1S/C15H19BrO/c1-15(17,11-13-8-5-9-13)14(16)10-12-6-3-2-4-7-12/h2-4,6-7,10,13,17H,5,8-9,11H2,1H3/b14-10-/t15-/m1/s1. The lowest BCUT2D eigenvalue weighted by Crippen LogP contribution is -2.30. The number of hydrogen-bond donors (Lipinski definition) is 1. The van der Waals surface area contributed by atoms with Gasteiger partial charge in [0.15, 0.2) is 0 Å². The van der Waals surface area contributed by atoms with Crippen LogP contribution >= 0.6 is 15.9 Å². The van der Waals surface area contributed by atoms with Crippen molar-refractivity contribution in [2.24, 2.45) is 5.92 Å². The minimum absolute atomic E-state index is 0.696. The van der Waals surface area contributed by atoms with E-state index in [1.165, 1.54) is 19.3 Å². The molecule has 17 heavy (non-hydrogen) atoms. The van der Waals surface area contributed by atoms with Crippen LogP contribution in [-0.4, -0.2) is 10.7 Å². The van der Waals surface area contributed by atoms with E-state index in [0.29, 0.717) is 5.92 Å². The van der Waals surface area contributed by atoms with E-state index >= 15 is 0 Å². The summed E-state index contributed by atoms with van der Waals surface area (Å²) in [5, 5.41) is 10.5. The third-order valence-electron chi connectivity index (χ3n) is 3.52. The Morgan fingerprint density at radius 2 is 2.06 bits per heavy atom. The fourth-order valence-electron chi connectivity index (χ4n) is 2.21. The third kappa shape index (κ3) is 3.43. The van der Waals surface area contributed by atoms with Crippen LogP contribution in [0, 0.1) is 5.92 Å². The van der Waals surface area contributed by atoms with E-state index in [1.54, 1.807) is 0 Å². The van der Waals surface area contributed by atoms with Crippen LogP contribution < -0.4 is 0 Å². The summed E-state index contributed by atoms with van der Waals surface area (Å²) in [4.78, 5) is 0. The first-order valence-corrected chi connectivity index (χ1v) is 7.02. The van der Waals surface area contributed by atoms with Gasteiger partial charge in [0.1, 0.15) is 0 Å². The molecule has 1 aromatic carbocycles. The first-order valence-electron chi connectivity index (χ1n) is 6.23. The Balaban J connectivity index is 2.06. The molecule has 92 valence electrons. The summed E-state index contributed by atoms with van der Waals surface area (Å²) in [5.74, 6) is 0.696. The average Bonchev–Trinajstić information content (AvgIpc) is 2.25. The van der Waals surface area contributed by atoms with E-state index in [-0.39, 0.29) is 0 Å². The molecule has 0 aliphatic heterocycles. The van der Waals surface area contributed by atoms with Gasteiger partial charge in [-0.15, -0.1) is 0 Å². The van der Waals surface area contributed by atoms with Gasteiger partial charge >= 0.3 is 0 Å². The van der Waals surface area contributed by atoms with Crippen molar-refractivity contribution in [1.82, 2.24) is 0 Å². The lowest BCUT2D eigenvalue weighted by Gasteiger charge is -2.33. The van der Waals surface area contributed by atoms with Crippen LogP contribution in [0.5, 0.6) is 0 Å². The van der Waals surface area contributed by atoms with Crippen molar-refractivity contribution in [3.63, 3.8) is 0 Å². The molecular weight excluding hydrogens is 276 g/mol. The summed E-state index contributed by atoms with van der Waals surface area (Å²) in [6, 6.07) is 10.1. The minimum atomic E-state index is -0.735. The molecule has 2 heteroatoms. The van der Waals surface area contributed by atoms with E-state index in [2.05, 4.69) is 15.9 Å². The van der Waals surface area contributed by atoms with Crippen LogP contribution in [0.1, 0.15) is 38.2 Å². The second-order valence-corrected chi connectivity index (χ2v) is 6.03. The smallest absolute Gasteiger partial charge is 0.0935 e. The SMILES string of the molecule is C[C@@](O)(CC1CCC1)/C(Br)=C/c1ccccc1. The molecule has 0 heterocycles. The monoisotopic (exact) mass is 294 g/mol. The zero-order valence-electron chi connectivity index (χ0n) is 10.2. The number of aliphatic hydroxyl groups is 1. The molecule has 1 fully saturated rings. The molecule has 0 amide bonds. The molecule has 1 atom stereocenters. The molecule has 1 aromatic rings. The fourth-order valence-corrected chi connectivity index (χ4v) is 2.63. The van der Waals surface area contributed by atoms with E-state index < -0.39 is 5.60 Å². The van der Waals surface area contributed by atoms with Crippen LogP contribution in [0.3, 0.4) is 0 Å². The molecule has 0 spiro atoms. The first kappa shape index (κ1) is 12.8. The summed E-state index contributed by atoms with van der Waals surface area (Å²) in [5.41, 5.74) is 0.384. The molecule has 1 aliphatic rings. The average molecular weight is 295 g/mol. The van der Waals surface area contributed by atoms with Crippen molar-refractivity contribution in [2.45, 2.75) is 38.2 Å². The summed E-state index contributed by atoms with van der Waals surface area (Å²) in [6.07, 6.45) is 6.72. The summed E-state index contributed by atoms with van der Waals surface area (Å²) < 4.78 is 0.878. The quantitative estimate of drug-likeness (QED) is 0.875. The van der Waals surface area contributed by atoms with Crippen molar-refractivity contribution in [1.29, 1.82) is 0 Å². The number of benzene rings is 1. The molecule has 1 N–H and O–H groups in total. The maximum atomic E-state index is 10.5. The van der Waals surface area contributed by atoms with Gasteiger partial charge in [0.05, 0.1) is 5.60 Å². The van der Waals surface area contributed by atoms with E-state index in [4.69, 9.17) is 0 Å². The molecule has 2 rings (SSSR count). The van der Waals surface area contributed by atoms with Crippen molar-refractivity contribution in [2.75, 3.05) is 0 Å². The van der Waals surface area contributed by atoms with Crippen molar-refractivity contribution in [3.05, 3.63) is 40.4 Å². The fraction of sp³-hybridized carbons (Fsp3) is 0.467. The predicted octanol–water partition coefficient (Wildman–Crippen LogP) is 4.36. The Kier molecular flexibility index (Phi) is 4.05. The molecular formula is C15H19BrO. The van der Waals surface area contributed by atoms with E-state index in [1.807, 2.05) is 43.3 Å². The second-order valence-electron chi connectivity index (χ2n) is 5.18. The first-order chi connectivity index (χ1) is 8.08. The molecule has 0 unspecified atom stereocenters. The van der Waals surface area contributed by atoms with Gasteiger partial charge in [0.25, 0.3) is 0 Å². The lowest BCUT2D eigenvalue weighted by molar-refractivity contribution is 0.0621. The highest BCUT2D eigenvalue weighted by Crippen LogP contribution is 2.38. The third-order valence-corrected chi connectivity index (χ3v) is 4.60. The van der Waals surface area contributed by atoms with E-state index in [9.17, 15) is 5.11 Å². The topological polar surface area (TPSA) is 20.2 Å². The zero-order chi connectivity index (χ0) is 12.3. The van der Waals surface area contributed by atoms with Gasteiger partial charge in [-0.05, 0) is 30.9 Å². The maximum Gasteiger partial charge on any atom is 0.0935 e. The summed E-state index contributed by atoms with van der Waals surface area (Å²) in [6.45, 7) is 1.90. The highest BCUT2D eigenvalue weighted by atomic mass is 79.9. The molecule has 0 aromatic heterocycles. The highest BCUT2D eigenvalue weighted by molar-refractivity contribution is 9.11. The highest BCUT2D eigenvalue weighted by Gasteiger charge is 2.31. The van der Waals surface area contributed by atoms with Crippen molar-refractivity contribution in [3.8, 4) is 0 Å². The number of halogens is 1. The lowest BCUT2D eigenvalue weighted by atomic mass is 9.77. The van der Waals surface area contributed by atoms with Crippen LogP contribution in [0.2, 0.25) is 0 Å². The zero-order valence-corrected chi connectivity index (χ0v) is 11.8. The predicted molar refractivity (Wildman–Crippen MR) is 75.9 cm³/mol. The van der Waals surface area contributed by atoms with Gasteiger partial charge in [0, 0.05) is 4.48 Å². The summed E-state index contributed by atoms with van der Waals surface area (Å²) in [7, 11) is 0. The van der Waals surface area contributed by atoms with E-state index in [0.717, 1.165) is 16.5 Å². The van der Waals surface area contributed by atoms with Crippen molar-refractivity contribution < 1.29 is 5.11 Å². The van der Waals surface area contributed by atoms with Crippen LogP contribution in [0.4, 0.5) is 0 Å². The van der Waals surface area contributed by atoms with Crippen molar-refractivity contribution >= 4 is 22.0 Å². The largest absolute Gasteiger partial charge is 0.385 e. The molecule has 1 saturated carbocycles. The summed E-state index contributed by atoms with van der Waals surface area (Å²) >= 11 is 3.53. The molecule has 1 nitrogen and oxygen atoms in total. The molecule has 0 radical (unpaired) electrons. The Hall–Kier alpha value is -0.600. The number of rotatable bonds is 4. The minimum Gasteiger partial charge on any atom is -0.385 e. The van der Waals surface area contributed by atoms with Gasteiger partial charge < -0.3 is 5.11 Å². The molecule has 0 bridgehead atoms. The van der Waals surface area contributed by atoms with Gasteiger partial charge in [-0.1, -0.05) is 65.5 Å². The van der Waals surface area contributed by atoms with Gasteiger partial charge in [-0.25, -0.2) is 0 Å².